The fraction of sp³-hybridized carbons (Fsp3) is 0.444. The molecule has 0 spiro atoms. The zero-order valence-electron chi connectivity index (χ0n) is 25.2. The van der Waals surface area contributed by atoms with Crippen molar-refractivity contribution in [3.05, 3.63) is 83.9 Å². The normalized spacial score (nSPS) is 17.0. The molecule has 5 heteroatoms. The van der Waals surface area contributed by atoms with Gasteiger partial charge in [-0.1, -0.05) is 93.3 Å². The lowest BCUT2D eigenvalue weighted by Gasteiger charge is -2.30. The van der Waals surface area contributed by atoms with E-state index in [2.05, 4.69) is 83.1 Å². The predicted molar refractivity (Wildman–Crippen MR) is 175 cm³/mol. The van der Waals surface area contributed by atoms with Crippen molar-refractivity contribution in [2.45, 2.75) is 89.8 Å². The lowest BCUT2D eigenvalue weighted by atomic mass is 9.91. The maximum absolute atomic E-state index is 4.83. The first kappa shape index (κ1) is 29.1. The summed E-state index contributed by atoms with van der Waals surface area (Å²) in [6.45, 7) is 3.19. The molecule has 1 aromatic heterocycles. The molecular formula is C36H47N5. The van der Waals surface area contributed by atoms with Crippen molar-refractivity contribution < 1.29 is 0 Å². The van der Waals surface area contributed by atoms with E-state index < -0.39 is 0 Å². The van der Waals surface area contributed by atoms with Gasteiger partial charge < -0.3 is 15.5 Å². The molecule has 4 aromatic rings. The van der Waals surface area contributed by atoms with Crippen LogP contribution in [-0.4, -0.2) is 36.1 Å². The quantitative estimate of drug-likeness (QED) is 0.164. The molecule has 0 amide bonds. The molecule has 0 bridgehead atoms. The molecule has 1 fully saturated rings. The van der Waals surface area contributed by atoms with E-state index in [1.54, 1.807) is 0 Å². The van der Waals surface area contributed by atoms with Crippen molar-refractivity contribution in [2.24, 2.45) is 0 Å². The Morgan fingerprint density at radius 2 is 1.34 bits per heavy atom. The van der Waals surface area contributed by atoms with E-state index in [0.29, 0.717) is 12.1 Å². The standard InChI is InChI=1S/C36H47N5/c1-4-5-6-7-8-11-27-14-18-29(19-15-27)30-20-16-28(17-21-30)26-37-31-22-24-32(25-23-31)38-36-39-34-13-10-9-12-33(34)35(40-36)41(2)3/h9-10,12-21,31-32,37H,4-8,11,22-26H2,1-3H3,(H,38,39,40). The predicted octanol–water partition coefficient (Wildman–Crippen LogP) is 8.39. The van der Waals surface area contributed by atoms with Gasteiger partial charge in [-0.3, -0.25) is 0 Å². The third-order valence-electron chi connectivity index (χ3n) is 8.47. The second-order valence-electron chi connectivity index (χ2n) is 11.9. The molecular weight excluding hydrogens is 502 g/mol. The fourth-order valence-corrected chi connectivity index (χ4v) is 5.96. The number of hydrogen-bond donors (Lipinski definition) is 2. The number of hydrogen-bond acceptors (Lipinski definition) is 5. The third-order valence-corrected chi connectivity index (χ3v) is 8.47. The summed E-state index contributed by atoms with van der Waals surface area (Å²) < 4.78 is 0. The van der Waals surface area contributed by atoms with Crippen LogP contribution in [0.25, 0.3) is 22.0 Å². The second-order valence-corrected chi connectivity index (χ2v) is 11.9. The Hall–Kier alpha value is -3.44. The van der Waals surface area contributed by atoms with Crippen LogP contribution in [0.2, 0.25) is 0 Å². The van der Waals surface area contributed by atoms with Crippen LogP contribution in [0.1, 0.15) is 75.8 Å². The Balaban J connectivity index is 1.06. The van der Waals surface area contributed by atoms with Gasteiger partial charge in [0.2, 0.25) is 5.95 Å². The summed E-state index contributed by atoms with van der Waals surface area (Å²) in [6, 6.07) is 27.5. The van der Waals surface area contributed by atoms with Crippen molar-refractivity contribution in [3.63, 3.8) is 0 Å². The highest BCUT2D eigenvalue weighted by Crippen LogP contribution is 2.27. The molecule has 1 saturated carbocycles. The summed E-state index contributed by atoms with van der Waals surface area (Å²) in [5.74, 6) is 1.70. The Labute approximate surface area is 246 Å². The molecule has 1 aliphatic carbocycles. The fourth-order valence-electron chi connectivity index (χ4n) is 5.96. The summed E-state index contributed by atoms with van der Waals surface area (Å²) in [5, 5.41) is 8.52. The molecule has 1 heterocycles. The molecule has 3 aromatic carbocycles. The first-order chi connectivity index (χ1) is 20.1. The maximum atomic E-state index is 4.83. The minimum absolute atomic E-state index is 0.413. The van der Waals surface area contributed by atoms with Crippen LogP contribution in [0.4, 0.5) is 11.8 Å². The van der Waals surface area contributed by atoms with E-state index in [0.717, 1.165) is 54.9 Å². The second kappa shape index (κ2) is 14.5. The smallest absolute Gasteiger partial charge is 0.225 e. The van der Waals surface area contributed by atoms with E-state index in [4.69, 9.17) is 9.97 Å². The van der Waals surface area contributed by atoms with Gasteiger partial charge in [0.25, 0.3) is 0 Å². The van der Waals surface area contributed by atoms with Gasteiger partial charge in [0.1, 0.15) is 5.82 Å². The van der Waals surface area contributed by atoms with Crippen LogP contribution in [0.5, 0.6) is 0 Å². The topological polar surface area (TPSA) is 53.1 Å². The van der Waals surface area contributed by atoms with Crippen LogP contribution in [0, 0.1) is 0 Å². The summed E-state index contributed by atoms with van der Waals surface area (Å²) in [5.41, 5.74) is 6.39. The maximum Gasteiger partial charge on any atom is 0.225 e. The van der Waals surface area contributed by atoms with Crippen LogP contribution >= 0.6 is 0 Å². The number of nitrogens with zero attached hydrogens (tertiary/aromatic N) is 3. The number of aromatic nitrogens is 2. The molecule has 0 atom stereocenters. The lowest BCUT2D eigenvalue weighted by Crippen LogP contribution is -2.37. The number of para-hydroxylation sites is 1. The van der Waals surface area contributed by atoms with Gasteiger partial charge >= 0.3 is 0 Å². The van der Waals surface area contributed by atoms with Gasteiger partial charge in [-0.15, -0.1) is 0 Å². The summed E-state index contributed by atoms with van der Waals surface area (Å²) >= 11 is 0. The van der Waals surface area contributed by atoms with Crippen LogP contribution in [0.15, 0.2) is 72.8 Å². The summed E-state index contributed by atoms with van der Waals surface area (Å²) in [6.07, 6.45) is 12.5. The molecule has 216 valence electrons. The average molecular weight is 550 g/mol. The van der Waals surface area contributed by atoms with E-state index in [1.165, 1.54) is 60.8 Å². The first-order valence-corrected chi connectivity index (χ1v) is 15.7. The molecule has 0 radical (unpaired) electrons. The van der Waals surface area contributed by atoms with Gasteiger partial charge in [-0.05, 0) is 72.9 Å². The third kappa shape index (κ3) is 8.07. The van der Waals surface area contributed by atoms with Crippen LogP contribution < -0.4 is 15.5 Å². The molecule has 1 aliphatic rings. The van der Waals surface area contributed by atoms with E-state index >= 15 is 0 Å². The number of benzene rings is 3. The van der Waals surface area contributed by atoms with Gasteiger partial charge in [-0.2, -0.15) is 4.98 Å². The van der Waals surface area contributed by atoms with Gasteiger partial charge in [-0.25, -0.2) is 4.98 Å². The van der Waals surface area contributed by atoms with Crippen LogP contribution in [0.3, 0.4) is 0 Å². The number of rotatable bonds is 13. The van der Waals surface area contributed by atoms with Gasteiger partial charge in [0.15, 0.2) is 0 Å². The average Bonchev–Trinajstić information content (AvgIpc) is 3.01. The molecule has 41 heavy (non-hydrogen) atoms. The highest BCUT2D eigenvalue weighted by molar-refractivity contribution is 5.90. The van der Waals surface area contributed by atoms with Crippen molar-refractivity contribution >= 4 is 22.7 Å². The molecule has 5 nitrogen and oxygen atoms in total. The zero-order chi connectivity index (χ0) is 28.4. The summed E-state index contributed by atoms with van der Waals surface area (Å²) in [4.78, 5) is 11.7. The minimum atomic E-state index is 0.413. The number of anilines is 2. The Morgan fingerprint density at radius 3 is 2.02 bits per heavy atom. The van der Waals surface area contributed by atoms with Crippen molar-refractivity contribution in [1.29, 1.82) is 0 Å². The minimum Gasteiger partial charge on any atom is -0.362 e. The number of fused-ring (bicyclic) bond motifs is 1. The number of nitrogens with one attached hydrogen (secondary N) is 2. The molecule has 2 N–H and O–H groups in total. The zero-order valence-corrected chi connectivity index (χ0v) is 25.2. The van der Waals surface area contributed by atoms with Crippen LogP contribution in [-0.2, 0) is 13.0 Å². The molecule has 0 unspecified atom stereocenters. The number of unbranched alkanes of at least 4 members (excludes halogenated alkanes) is 4. The van der Waals surface area contributed by atoms with Crippen molar-refractivity contribution in [1.82, 2.24) is 15.3 Å². The Bertz CT molecular complexity index is 1360. The number of aryl methyl sites for hydroxylation is 1. The van der Waals surface area contributed by atoms with Crippen molar-refractivity contribution in [3.8, 4) is 11.1 Å². The van der Waals surface area contributed by atoms with Gasteiger partial charge in [0, 0.05) is 38.1 Å². The highest BCUT2D eigenvalue weighted by Gasteiger charge is 2.22. The summed E-state index contributed by atoms with van der Waals surface area (Å²) in [7, 11) is 4.08. The monoisotopic (exact) mass is 549 g/mol. The molecule has 0 saturated heterocycles. The van der Waals surface area contributed by atoms with E-state index in [9.17, 15) is 0 Å². The molecule has 5 rings (SSSR count). The molecule has 0 aliphatic heterocycles. The van der Waals surface area contributed by atoms with Gasteiger partial charge in [0.05, 0.1) is 5.52 Å². The Morgan fingerprint density at radius 1 is 0.707 bits per heavy atom. The highest BCUT2D eigenvalue weighted by atomic mass is 15.2. The van der Waals surface area contributed by atoms with E-state index in [-0.39, 0.29) is 0 Å². The largest absolute Gasteiger partial charge is 0.362 e. The SMILES string of the molecule is CCCCCCCc1ccc(-c2ccc(CNC3CCC(Nc4nc(N(C)C)c5ccccc5n4)CC3)cc2)cc1. The Kier molecular flexibility index (Phi) is 10.2. The van der Waals surface area contributed by atoms with E-state index in [1.807, 2.05) is 26.2 Å². The lowest BCUT2D eigenvalue weighted by molar-refractivity contribution is 0.352. The van der Waals surface area contributed by atoms with Crippen molar-refractivity contribution in [2.75, 3.05) is 24.3 Å². The first-order valence-electron chi connectivity index (χ1n) is 15.7.